The molecule has 0 bridgehead atoms. The van der Waals surface area contributed by atoms with Crippen LogP contribution in [0.2, 0.25) is 0 Å². The van der Waals surface area contributed by atoms with Gasteiger partial charge in [0.15, 0.2) is 5.96 Å². The van der Waals surface area contributed by atoms with E-state index < -0.39 is 5.60 Å². The van der Waals surface area contributed by atoms with E-state index in [1.807, 2.05) is 27.8 Å². The predicted molar refractivity (Wildman–Crippen MR) is 92.4 cm³/mol. The third kappa shape index (κ3) is 9.47. The maximum Gasteiger partial charge on any atom is 0.410 e. The quantitative estimate of drug-likeness (QED) is 0.579. The smallest absolute Gasteiger partial charge is 0.410 e. The molecule has 22 heavy (non-hydrogen) atoms. The topological polar surface area (TPSA) is 57.2 Å². The Bertz CT molecular complexity index is 351. The molecule has 0 saturated carbocycles. The number of guanidine groups is 1. The van der Waals surface area contributed by atoms with Crippen LogP contribution in [-0.4, -0.2) is 67.7 Å². The summed E-state index contributed by atoms with van der Waals surface area (Å²) in [4.78, 5) is 20.1. The van der Waals surface area contributed by atoms with E-state index in [0.717, 1.165) is 31.9 Å². The first-order valence-corrected chi connectivity index (χ1v) is 8.14. The number of hydrogen-bond acceptors (Lipinski definition) is 3. The second-order valence-electron chi connectivity index (χ2n) is 6.41. The molecule has 0 heterocycles. The highest BCUT2D eigenvalue weighted by Crippen LogP contribution is 2.08. The van der Waals surface area contributed by atoms with Crippen molar-refractivity contribution in [3.8, 4) is 0 Å². The highest BCUT2D eigenvalue weighted by atomic mass is 16.6. The molecule has 1 amide bonds. The molecule has 0 aliphatic heterocycles. The summed E-state index contributed by atoms with van der Waals surface area (Å²) >= 11 is 0. The Labute approximate surface area is 135 Å². The van der Waals surface area contributed by atoms with Crippen LogP contribution in [0.25, 0.3) is 0 Å². The number of nitrogens with zero attached hydrogens (tertiary/aromatic N) is 3. The second kappa shape index (κ2) is 10.3. The Morgan fingerprint density at radius 1 is 1.14 bits per heavy atom. The zero-order valence-electron chi connectivity index (χ0n) is 15.4. The van der Waals surface area contributed by atoms with E-state index in [9.17, 15) is 4.79 Å². The average Bonchev–Trinajstić information content (AvgIpc) is 2.41. The molecule has 1 N–H and O–H groups in total. The summed E-state index contributed by atoms with van der Waals surface area (Å²) in [7, 11) is 3.77. The summed E-state index contributed by atoms with van der Waals surface area (Å²) in [6.07, 6.45) is 1.98. The number of hydrogen-bond donors (Lipinski definition) is 1. The lowest BCUT2D eigenvalue weighted by Gasteiger charge is -2.25. The average molecular weight is 314 g/mol. The van der Waals surface area contributed by atoms with Crippen molar-refractivity contribution >= 4 is 12.1 Å². The molecule has 0 atom stereocenters. The van der Waals surface area contributed by atoms with Crippen molar-refractivity contribution in [2.45, 2.75) is 53.1 Å². The van der Waals surface area contributed by atoms with Gasteiger partial charge >= 0.3 is 6.09 Å². The lowest BCUT2D eigenvalue weighted by Crippen LogP contribution is -2.40. The lowest BCUT2D eigenvalue weighted by molar-refractivity contribution is 0.0304. The second-order valence-corrected chi connectivity index (χ2v) is 6.41. The van der Waals surface area contributed by atoms with Gasteiger partial charge in [0.2, 0.25) is 0 Å². The summed E-state index contributed by atoms with van der Waals surface area (Å²) in [5.74, 6) is 0.883. The Kier molecular flexibility index (Phi) is 9.61. The largest absolute Gasteiger partial charge is 0.444 e. The molecule has 0 aliphatic carbocycles. The van der Waals surface area contributed by atoms with E-state index in [0.29, 0.717) is 13.1 Å². The molecule has 0 aromatic rings. The van der Waals surface area contributed by atoms with E-state index in [1.54, 1.807) is 11.9 Å². The van der Waals surface area contributed by atoms with Gasteiger partial charge in [-0.3, -0.25) is 4.99 Å². The molecule has 6 nitrogen and oxygen atoms in total. The van der Waals surface area contributed by atoms with Gasteiger partial charge in [-0.05, 0) is 34.1 Å². The Morgan fingerprint density at radius 2 is 1.77 bits per heavy atom. The molecule has 0 aliphatic rings. The van der Waals surface area contributed by atoms with E-state index in [-0.39, 0.29) is 6.09 Å². The summed E-state index contributed by atoms with van der Waals surface area (Å²) < 4.78 is 5.32. The van der Waals surface area contributed by atoms with Gasteiger partial charge in [0, 0.05) is 33.7 Å². The monoisotopic (exact) mass is 314 g/mol. The maximum atomic E-state index is 11.9. The number of amides is 1. The first-order chi connectivity index (χ1) is 10.2. The van der Waals surface area contributed by atoms with E-state index in [4.69, 9.17) is 4.74 Å². The van der Waals surface area contributed by atoms with Gasteiger partial charge in [-0.25, -0.2) is 4.79 Å². The van der Waals surface area contributed by atoms with Gasteiger partial charge < -0.3 is 19.9 Å². The molecule has 0 unspecified atom stereocenters. The predicted octanol–water partition coefficient (Wildman–Crippen LogP) is 2.55. The van der Waals surface area contributed by atoms with Crippen molar-refractivity contribution in [1.82, 2.24) is 15.1 Å². The molecular formula is C16H34N4O2. The van der Waals surface area contributed by atoms with E-state index in [2.05, 4.69) is 29.1 Å². The van der Waals surface area contributed by atoms with Crippen LogP contribution >= 0.6 is 0 Å². The fraction of sp³-hybridized carbons (Fsp3) is 0.875. The minimum absolute atomic E-state index is 0.313. The Balaban J connectivity index is 4.41. The summed E-state index contributed by atoms with van der Waals surface area (Å²) in [5, 5.41) is 3.27. The molecule has 0 fully saturated rings. The highest BCUT2D eigenvalue weighted by Gasteiger charge is 2.19. The van der Waals surface area contributed by atoms with Crippen LogP contribution in [0, 0.1) is 0 Å². The number of unbranched alkanes of at least 4 members (excludes halogenated alkanes) is 1. The Morgan fingerprint density at radius 3 is 2.27 bits per heavy atom. The molecule has 0 aromatic heterocycles. The van der Waals surface area contributed by atoms with Gasteiger partial charge in [0.1, 0.15) is 5.60 Å². The molecule has 0 radical (unpaired) electrons. The van der Waals surface area contributed by atoms with Crippen molar-refractivity contribution in [2.24, 2.45) is 4.99 Å². The van der Waals surface area contributed by atoms with Gasteiger partial charge in [-0.2, -0.15) is 0 Å². The third-order valence-corrected chi connectivity index (χ3v) is 2.95. The number of ether oxygens (including phenoxy) is 1. The summed E-state index contributed by atoms with van der Waals surface area (Å²) in [6.45, 7) is 12.7. The molecule has 6 heteroatoms. The van der Waals surface area contributed by atoms with Crippen LogP contribution in [0.4, 0.5) is 4.79 Å². The molecule has 0 saturated heterocycles. The van der Waals surface area contributed by atoms with Gasteiger partial charge in [-0.15, -0.1) is 0 Å². The van der Waals surface area contributed by atoms with Crippen LogP contribution in [0.3, 0.4) is 0 Å². The standard InChI is InChI=1S/C16H34N4O2/c1-8-10-12-19(6)14(17-9-2)18-11-13-20(7)15(21)22-16(3,4)5/h8-13H2,1-7H3,(H,17,18). The number of rotatable bonds is 7. The molecular weight excluding hydrogens is 280 g/mol. The fourth-order valence-corrected chi connectivity index (χ4v) is 1.71. The SMILES string of the molecule is CCCCN(C)C(=NCCN(C)C(=O)OC(C)(C)C)NCC. The van der Waals surface area contributed by atoms with Crippen molar-refractivity contribution in [1.29, 1.82) is 0 Å². The zero-order chi connectivity index (χ0) is 17.2. The maximum absolute atomic E-state index is 11.9. The van der Waals surface area contributed by atoms with Gasteiger partial charge in [-0.1, -0.05) is 13.3 Å². The van der Waals surface area contributed by atoms with Crippen molar-refractivity contribution in [3.63, 3.8) is 0 Å². The third-order valence-electron chi connectivity index (χ3n) is 2.95. The number of likely N-dealkylation sites (N-methyl/N-ethyl adjacent to an activating group) is 1. The van der Waals surface area contributed by atoms with Crippen LogP contribution in [0.1, 0.15) is 47.5 Å². The van der Waals surface area contributed by atoms with Crippen molar-refractivity contribution in [2.75, 3.05) is 40.3 Å². The number of carbonyl (C=O) groups is 1. The molecule has 0 spiro atoms. The molecule has 0 rings (SSSR count). The van der Waals surface area contributed by atoms with Crippen LogP contribution < -0.4 is 5.32 Å². The van der Waals surface area contributed by atoms with Crippen molar-refractivity contribution in [3.05, 3.63) is 0 Å². The lowest BCUT2D eigenvalue weighted by atomic mass is 10.2. The molecule has 0 aromatic carbocycles. The van der Waals surface area contributed by atoms with E-state index >= 15 is 0 Å². The summed E-state index contributed by atoms with van der Waals surface area (Å²) in [5.41, 5.74) is -0.468. The minimum atomic E-state index is -0.468. The van der Waals surface area contributed by atoms with E-state index in [1.165, 1.54) is 0 Å². The number of carbonyl (C=O) groups excluding carboxylic acids is 1. The van der Waals surface area contributed by atoms with Crippen LogP contribution in [-0.2, 0) is 4.74 Å². The molecule has 130 valence electrons. The van der Waals surface area contributed by atoms with Gasteiger partial charge in [0.25, 0.3) is 0 Å². The first kappa shape index (κ1) is 20.5. The van der Waals surface area contributed by atoms with Crippen LogP contribution in [0.15, 0.2) is 4.99 Å². The minimum Gasteiger partial charge on any atom is -0.444 e. The normalized spacial score (nSPS) is 12.0. The zero-order valence-corrected chi connectivity index (χ0v) is 15.4. The summed E-state index contributed by atoms with van der Waals surface area (Å²) in [6, 6.07) is 0. The number of aliphatic imine (C=N–C) groups is 1. The van der Waals surface area contributed by atoms with Crippen LogP contribution in [0.5, 0.6) is 0 Å². The number of nitrogens with one attached hydrogen (secondary N) is 1. The highest BCUT2D eigenvalue weighted by molar-refractivity contribution is 5.79. The Hall–Kier alpha value is -1.46. The first-order valence-electron chi connectivity index (χ1n) is 8.14. The fourth-order valence-electron chi connectivity index (χ4n) is 1.71. The van der Waals surface area contributed by atoms with Crippen molar-refractivity contribution < 1.29 is 9.53 Å². The van der Waals surface area contributed by atoms with Gasteiger partial charge in [0.05, 0.1) is 6.54 Å².